The van der Waals surface area contributed by atoms with Crippen LogP contribution in [0.4, 0.5) is 26.0 Å². The van der Waals surface area contributed by atoms with E-state index in [-0.39, 0.29) is 11.4 Å². The lowest BCUT2D eigenvalue weighted by atomic mass is 10.2. The lowest BCUT2D eigenvalue weighted by Gasteiger charge is -2.10. The van der Waals surface area contributed by atoms with Crippen molar-refractivity contribution < 1.29 is 18.3 Å². The van der Waals surface area contributed by atoms with Gasteiger partial charge in [0.15, 0.2) is 0 Å². The van der Waals surface area contributed by atoms with Crippen LogP contribution in [0.5, 0.6) is 5.75 Å². The summed E-state index contributed by atoms with van der Waals surface area (Å²) in [5.41, 5.74) is 8.07. The normalized spacial score (nSPS) is 10.5. The van der Waals surface area contributed by atoms with Gasteiger partial charge < -0.3 is 21.1 Å². The molecule has 9 heteroatoms. The number of rotatable bonds is 7. The van der Waals surface area contributed by atoms with E-state index < -0.39 is 12.5 Å². The number of nitrogens with two attached hydrogens (primary N) is 1. The number of ether oxygens (including phenoxy) is 1. The van der Waals surface area contributed by atoms with E-state index in [1.54, 1.807) is 30.5 Å². The lowest BCUT2D eigenvalue weighted by Crippen LogP contribution is -2.14. The maximum absolute atomic E-state index is 12.3. The Hall–Kier alpha value is -3.75. The van der Waals surface area contributed by atoms with Crippen LogP contribution in [0.1, 0.15) is 16.1 Å². The summed E-state index contributed by atoms with van der Waals surface area (Å²) in [6.07, 6.45) is 2.68. The second-order valence-electron chi connectivity index (χ2n) is 5.70. The number of nitrogens with zero attached hydrogens (tertiary/aromatic N) is 2. The van der Waals surface area contributed by atoms with E-state index in [4.69, 9.17) is 5.73 Å². The van der Waals surface area contributed by atoms with Crippen molar-refractivity contribution in [3.05, 3.63) is 72.2 Å². The van der Waals surface area contributed by atoms with Crippen molar-refractivity contribution in [1.29, 1.82) is 0 Å². The minimum Gasteiger partial charge on any atom is -0.433 e. The Balaban J connectivity index is 1.62. The maximum atomic E-state index is 12.3. The summed E-state index contributed by atoms with van der Waals surface area (Å²) in [6, 6.07) is 13.4. The number of amides is 1. The van der Waals surface area contributed by atoms with E-state index in [2.05, 4.69) is 25.3 Å². The van der Waals surface area contributed by atoms with Gasteiger partial charge in [-0.15, -0.1) is 0 Å². The molecular formula is C19H17F2N5O2. The summed E-state index contributed by atoms with van der Waals surface area (Å²) in [7, 11) is 0. The van der Waals surface area contributed by atoms with Crippen LogP contribution in [0.25, 0.3) is 0 Å². The first-order valence-corrected chi connectivity index (χ1v) is 8.27. The topological polar surface area (TPSA) is 102 Å². The predicted molar refractivity (Wildman–Crippen MR) is 101 cm³/mol. The zero-order valence-electron chi connectivity index (χ0n) is 14.6. The monoisotopic (exact) mass is 385 g/mol. The fourth-order valence-electron chi connectivity index (χ4n) is 2.41. The van der Waals surface area contributed by atoms with E-state index in [0.717, 1.165) is 11.8 Å². The van der Waals surface area contributed by atoms with Crippen molar-refractivity contribution in [3.8, 4) is 5.75 Å². The molecule has 0 atom stereocenters. The van der Waals surface area contributed by atoms with Crippen molar-refractivity contribution in [2.45, 2.75) is 13.2 Å². The van der Waals surface area contributed by atoms with E-state index in [9.17, 15) is 13.6 Å². The number of carbonyl (C=O) groups excluding carboxylic acids is 1. The zero-order chi connectivity index (χ0) is 19.9. The molecule has 0 aliphatic carbocycles. The number of nitrogens with one attached hydrogen (secondary N) is 2. The highest BCUT2D eigenvalue weighted by molar-refractivity contribution is 6.02. The van der Waals surface area contributed by atoms with Gasteiger partial charge in [-0.05, 0) is 42.0 Å². The third-order valence-electron chi connectivity index (χ3n) is 3.70. The molecule has 0 radical (unpaired) electrons. The third-order valence-corrected chi connectivity index (χ3v) is 3.70. The van der Waals surface area contributed by atoms with E-state index in [1.165, 1.54) is 12.1 Å². The van der Waals surface area contributed by atoms with Crippen molar-refractivity contribution in [3.63, 3.8) is 0 Å². The minimum atomic E-state index is -2.94. The molecule has 144 valence electrons. The number of hydrogen-bond donors (Lipinski definition) is 3. The lowest BCUT2D eigenvalue weighted by molar-refractivity contribution is -0.0500. The summed E-state index contributed by atoms with van der Waals surface area (Å²) in [6.45, 7) is -2.46. The van der Waals surface area contributed by atoms with Gasteiger partial charge in [-0.25, -0.2) is 9.97 Å². The second kappa shape index (κ2) is 8.76. The molecule has 7 nitrogen and oxygen atoms in total. The summed E-state index contributed by atoms with van der Waals surface area (Å²) in [5, 5.41) is 5.89. The van der Waals surface area contributed by atoms with Gasteiger partial charge in [0.1, 0.15) is 17.3 Å². The van der Waals surface area contributed by atoms with Crippen LogP contribution in [-0.4, -0.2) is 22.5 Å². The van der Waals surface area contributed by atoms with Crippen molar-refractivity contribution in [2.75, 3.05) is 16.4 Å². The zero-order valence-corrected chi connectivity index (χ0v) is 14.6. The highest BCUT2D eigenvalue weighted by Crippen LogP contribution is 2.18. The molecular weight excluding hydrogens is 368 g/mol. The van der Waals surface area contributed by atoms with E-state index >= 15 is 0 Å². The molecule has 1 aromatic carbocycles. The Morgan fingerprint density at radius 1 is 1.14 bits per heavy atom. The van der Waals surface area contributed by atoms with Gasteiger partial charge >= 0.3 is 6.61 Å². The molecule has 0 bridgehead atoms. The average Bonchev–Trinajstić information content (AvgIpc) is 2.68. The van der Waals surface area contributed by atoms with Crippen LogP contribution in [0, 0.1) is 0 Å². The summed E-state index contributed by atoms with van der Waals surface area (Å²) in [4.78, 5) is 20.1. The van der Waals surface area contributed by atoms with Gasteiger partial charge in [-0.2, -0.15) is 8.78 Å². The van der Waals surface area contributed by atoms with Crippen LogP contribution in [0.3, 0.4) is 0 Å². The predicted octanol–water partition coefficient (Wildman–Crippen LogP) is 3.52. The average molecular weight is 385 g/mol. The van der Waals surface area contributed by atoms with Crippen LogP contribution in [-0.2, 0) is 6.54 Å². The maximum Gasteiger partial charge on any atom is 0.387 e. The van der Waals surface area contributed by atoms with Crippen LogP contribution in [0.15, 0.2) is 60.9 Å². The molecule has 0 saturated carbocycles. The number of carbonyl (C=O) groups is 1. The number of benzene rings is 1. The molecule has 2 heterocycles. The summed E-state index contributed by atoms with van der Waals surface area (Å²) in [5.74, 6) is -0.184. The molecule has 0 aliphatic heterocycles. The molecule has 0 fully saturated rings. The Bertz CT molecular complexity index is 951. The molecule has 2 aromatic heterocycles. The smallest absolute Gasteiger partial charge is 0.387 e. The van der Waals surface area contributed by atoms with Gasteiger partial charge in [-0.3, -0.25) is 4.79 Å². The Kier molecular flexibility index (Phi) is 5.95. The van der Waals surface area contributed by atoms with Gasteiger partial charge in [0.25, 0.3) is 5.91 Å². The van der Waals surface area contributed by atoms with Gasteiger partial charge in [-0.1, -0.05) is 12.1 Å². The van der Waals surface area contributed by atoms with Gasteiger partial charge in [0.05, 0.1) is 11.9 Å². The standard InChI is InChI=1S/C19H17F2N5O2/c20-19(21)28-14-6-7-16(25-11-14)18(27)26-13-4-1-3-12(9-13)10-24-15-5-2-8-23-17(15)22/h1-9,11,19,24H,10H2,(H2,22,23)(H,26,27). The third kappa shape index (κ3) is 5.13. The van der Waals surface area contributed by atoms with Crippen molar-refractivity contribution >= 4 is 23.1 Å². The SMILES string of the molecule is Nc1ncccc1NCc1cccc(NC(=O)c2ccc(OC(F)F)cn2)c1. The number of anilines is 3. The Morgan fingerprint density at radius 2 is 2.00 bits per heavy atom. The second-order valence-corrected chi connectivity index (χ2v) is 5.70. The molecule has 0 aliphatic rings. The van der Waals surface area contributed by atoms with Gasteiger partial charge in [0.2, 0.25) is 0 Å². The van der Waals surface area contributed by atoms with Gasteiger partial charge in [0, 0.05) is 18.4 Å². The molecule has 0 unspecified atom stereocenters. The molecule has 1 amide bonds. The first-order chi connectivity index (χ1) is 13.5. The summed E-state index contributed by atoms with van der Waals surface area (Å²) >= 11 is 0. The number of alkyl halides is 2. The molecule has 3 aromatic rings. The molecule has 4 N–H and O–H groups in total. The largest absolute Gasteiger partial charge is 0.433 e. The van der Waals surface area contributed by atoms with Crippen molar-refractivity contribution in [1.82, 2.24) is 9.97 Å². The Morgan fingerprint density at radius 3 is 2.71 bits per heavy atom. The van der Waals surface area contributed by atoms with Crippen LogP contribution >= 0.6 is 0 Å². The highest BCUT2D eigenvalue weighted by atomic mass is 19.3. The quantitative estimate of drug-likeness (QED) is 0.575. The Labute approximate surface area is 159 Å². The first kappa shape index (κ1) is 19.0. The summed E-state index contributed by atoms with van der Waals surface area (Å²) < 4.78 is 28.5. The van der Waals surface area contributed by atoms with Crippen LogP contribution in [0.2, 0.25) is 0 Å². The number of hydrogen-bond acceptors (Lipinski definition) is 6. The van der Waals surface area contributed by atoms with E-state index in [1.807, 2.05) is 12.1 Å². The number of nitrogen functional groups attached to an aromatic ring is 1. The number of halogens is 2. The first-order valence-electron chi connectivity index (χ1n) is 8.27. The number of pyridine rings is 2. The fraction of sp³-hybridized carbons (Fsp3) is 0.105. The highest BCUT2D eigenvalue weighted by Gasteiger charge is 2.10. The minimum absolute atomic E-state index is 0.0771. The van der Waals surface area contributed by atoms with Crippen molar-refractivity contribution in [2.24, 2.45) is 0 Å². The molecule has 0 saturated heterocycles. The van der Waals surface area contributed by atoms with E-state index in [0.29, 0.717) is 23.7 Å². The number of aromatic nitrogens is 2. The van der Waals surface area contributed by atoms with Crippen LogP contribution < -0.4 is 21.1 Å². The molecule has 0 spiro atoms. The molecule has 28 heavy (non-hydrogen) atoms. The fourth-order valence-corrected chi connectivity index (χ4v) is 2.41. The molecule has 3 rings (SSSR count).